The Hall–Kier alpha value is -2.87. The molecule has 1 unspecified atom stereocenters. The van der Waals surface area contributed by atoms with Crippen LogP contribution >= 0.6 is 0 Å². The van der Waals surface area contributed by atoms with Crippen LogP contribution in [0.25, 0.3) is 0 Å². The van der Waals surface area contributed by atoms with Crippen molar-refractivity contribution in [2.24, 2.45) is 4.40 Å². The molecule has 0 aliphatic carbocycles. The van der Waals surface area contributed by atoms with Crippen LogP contribution in [0.15, 0.2) is 59.0 Å². The van der Waals surface area contributed by atoms with Crippen molar-refractivity contribution in [1.29, 1.82) is 0 Å². The van der Waals surface area contributed by atoms with Gasteiger partial charge in [-0.05, 0) is 23.3 Å². The van der Waals surface area contributed by atoms with E-state index in [0.717, 1.165) is 0 Å². The molecule has 2 rings (SSSR count). The highest BCUT2D eigenvalue weighted by Crippen LogP contribution is 2.22. The van der Waals surface area contributed by atoms with Crippen molar-refractivity contribution < 1.29 is 18.7 Å². The zero-order valence-corrected chi connectivity index (χ0v) is 13.5. The smallest absolute Gasteiger partial charge is 0.328 e. The molecule has 124 valence electrons. The van der Waals surface area contributed by atoms with E-state index < -0.39 is 27.1 Å². The molecule has 2 atom stereocenters. The summed E-state index contributed by atoms with van der Waals surface area (Å²) >= 11 is 0. The van der Waals surface area contributed by atoms with Gasteiger partial charge in [-0.1, -0.05) is 30.3 Å². The SMILES string of the molecule is COC(=O)C(c1ccccc1)[S@@](=O)/N=C/c1ccc([N+](=O)[O-])cc1. The van der Waals surface area contributed by atoms with E-state index in [1.54, 1.807) is 30.3 Å². The second-order valence-corrected chi connectivity index (χ2v) is 5.91. The van der Waals surface area contributed by atoms with Gasteiger partial charge in [0.1, 0.15) is 0 Å². The Balaban J connectivity index is 2.21. The van der Waals surface area contributed by atoms with E-state index in [9.17, 15) is 19.1 Å². The standard InChI is InChI=1S/C16H14N2O5S/c1-23-16(19)15(13-5-3-2-4-6-13)24(22)17-11-12-7-9-14(10-8-12)18(20)21/h2-11,15H,1H3/b17-11+/t15?,24-/m1/s1. The first-order valence-corrected chi connectivity index (χ1v) is 8.02. The maximum absolute atomic E-state index is 12.4. The lowest BCUT2D eigenvalue weighted by Crippen LogP contribution is -2.18. The van der Waals surface area contributed by atoms with Gasteiger partial charge in [-0.3, -0.25) is 14.9 Å². The fraction of sp³-hybridized carbons (Fsp3) is 0.125. The Morgan fingerprint density at radius 3 is 2.38 bits per heavy atom. The molecule has 0 aromatic heterocycles. The fourth-order valence-corrected chi connectivity index (χ4v) is 2.92. The van der Waals surface area contributed by atoms with Crippen LogP contribution in [0.4, 0.5) is 5.69 Å². The van der Waals surface area contributed by atoms with Crippen LogP contribution in [-0.4, -0.2) is 28.4 Å². The van der Waals surface area contributed by atoms with Crippen LogP contribution in [0.1, 0.15) is 16.4 Å². The summed E-state index contributed by atoms with van der Waals surface area (Å²) in [5.74, 6) is -0.652. The average molecular weight is 346 g/mol. The second-order valence-electron chi connectivity index (χ2n) is 4.67. The van der Waals surface area contributed by atoms with Crippen molar-refractivity contribution in [2.75, 3.05) is 7.11 Å². The number of carbonyl (C=O) groups is 1. The van der Waals surface area contributed by atoms with E-state index in [4.69, 9.17) is 4.74 Å². The third-order valence-corrected chi connectivity index (χ3v) is 4.31. The highest BCUT2D eigenvalue weighted by atomic mass is 32.2. The van der Waals surface area contributed by atoms with Crippen LogP contribution in [-0.2, 0) is 20.5 Å². The zero-order valence-electron chi connectivity index (χ0n) is 12.7. The Morgan fingerprint density at radius 1 is 1.21 bits per heavy atom. The van der Waals surface area contributed by atoms with E-state index in [1.807, 2.05) is 0 Å². The number of non-ortho nitro benzene ring substituents is 1. The number of nitrogens with zero attached hydrogens (tertiary/aromatic N) is 2. The number of carbonyl (C=O) groups excluding carboxylic acids is 1. The molecule has 8 heteroatoms. The zero-order chi connectivity index (χ0) is 17.5. The minimum atomic E-state index is -1.89. The van der Waals surface area contributed by atoms with E-state index >= 15 is 0 Å². The third kappa shape index (κ3) is 4.32. The van der Waals surface area contributed by atoms with Gasteiger partial charge in [0, 0.05) is 18.3 Å². The normalized spacial score (nSPS) is 13.4. The first-order valence-electron chi connectivity index (χ1n) is 6.85. The van der Waals surface area contributed by atoms with Gasteiger partial charge in [-0.15, -0.1) is 0 Å². The molecule has 0 aliphatic rings. The van der Waals surface area contributed by atoms with Gasteiger partial charge >= 0.3 is 5.97 Å². The summed E-state index contributed by atoms with van der Waals surface area (Å²) < 4.78 is 21.0. The molecule has 0 aliphatic heterocycles. The summed E-state index contributed by atoms with van der Waals surface area (Å²) in [6.07, 6.45) is 1.30. The lowest BCUT2D eigenvalue weighted by molar-refractivity contribution is -0.384. The minimum absolute atomic E-state index is 0.0509. The highest BCUT2D eigenvalue weighted by molar-refractivity contribution is 7.84. The van der Waals surface area contributed by atoms with Crippen LogP contribution in [0.5, 0.6) is 0 Å². The molecule has 2 aromatic rings. The summed E-state index contributed by atoms with van der Waals surface area (Å²) in [5.41, 5.74) is 1.01. The lowest BCUT2D eigenvalue weighted by atomic mass is 10.1. The van der Waals surface area contributed by atoms with Crippen LogP contribution in [0.3, 0.4) is 0 Å². The first-order chi connectivity index (χ1) is 11.5. The Morgan fingerprint density at radius 2 is 1.83 bits per heavy atom. The summed E-state index contributed by atoms with van der Waals surface area (Å²) in [6.45, 7) is 0. The van der Waals surface area contributed by atoms with Gasteiger partial charge in [0.25, 0.3) is 5.69 Å². The summed E-state index contributed by atoms with van der Waals surface area (Å²) in [5, 5.41) is 9.57. The molecule has 0 radical (unpaired) electrons. The van der Waals surface area contributed by atoms with Crippen molar-refractivity contribution in [3.8, 4) is 0 Å². The topological polar surface area (TPSA) is 98.9 Å². The van der Waals surface area contributed by atoms with Crippen molar-refractivity contribution in [3.63, 3.8) is 0 Å². The van der Waals surface area contributed by atoms with E-state index in [-0.39, 0.29) is 5.69 Å². The minimum Gasteiger partial charge on any atom is -0.468 e. The number of nitro groups is 1. The van der Waals surface area contributed by atoms with Gasteiger partial charge in [0.05, 0.1) is 12.0 Å². The van der Waals surface area contributed by atoms with Gasteiger partial charge in [0.15, 0.2) is 16.2 Å². The van der Waals surface area contributed by atoms with Crippen LogP contribution in [0.2, 0.25) is 0 Å². The average Bonchev–Trinajstić information content (AvgIpc) is 2.61. The Bertz CT molecular complexity index is 775. The van der Waals surface area contributed by atoms with Crippen molar-refractivity contribution >= 4 is 28.9 Å². The molecule has 7 nitrogen and oxygen atoms in total. The molecule has 0 saturated heterocycles. The largest absolute Gasteiger partial charge is 0.468 e. The van der Waals surface area contributed by atoms with E-state index in [1.165, 1.54) is 37.6 Å². The third-order valence-electron chi connectivity index (χ3n) is 3.13. The molecular formula is C16H14N2O5S. The first kappa shape index (κ1) is 17.5. The quantitative estimate of drug-likeness (QED) is 0.346. The lowest BCUT2D eigenvalue weighted by Gasteiger charge is -2.11. The summed E-state index contributed by atoms with van der Waals surface area (Å²) in [4.78, 5) is 22.0. The van der Waals surface area contributed by atoms with Gasteiger partial charge in [0.2, 0.25) is 0 Å². The van der Waals surface area contributed by atoms with Crippen molar-refractivity contribution in [3.05, 3.63) is 75.8 Å². The monoisotopic (exact) mass is 346 g/mol. The van der Waals surface area contributed by atoms with Crippen LogP contribution < -0.4 is 0 Å². The van der Waals surface area contributed by atoms with E-state index in [0.29, 0.717) is 11.1 Å². The molecule has 0 fully saturated rings. The number of esters is 1. The summed E-state index contributed by atoms with van der Waals surface area (Å²) in [7, 11) is -0.675. The van der Waals surface area contributed by atoms with Crippen LogP contribution in [0, 0.1) is 10.1 Å². The maximum Gasteiger partial charge on any atom is 0.328 e. The molecule has 0 spiro atoms. The molecule has 0 bridgehead atoms. The predicted molar refractivity (Wildman–Crippen MR) is 90.0 cm³/mol. The Kier molecular flexibility index (Phi) is 5.91. The van der Waals surface area contributed by atoms with Gasteiger partial charge < -0.3 is 4.74 Å². The predicted octanol–water partition coefficient (Wildman–Crippen LogP) is 2.59. The van der Waals surface area contributed by atoms with E-state index in [2.05, 4.69) is 4.40 Å². The molecule has 0 amide bonds. The molecular weight excluding hydrogens is 332 g/mol. The second kappa shape index (κ2) is 8.11. The molecule has 0 N–H and O–H groups in total. The number of hydrogen-bond acceptors (Lipinski definition) is 5. The Labute approximate surface area is 140 Å². The molecule has 24 heavy (non-hydrogen) atoms. The van der Waals surface area contributed by atoms with Gasteiger partial charge in [-0.25, -0.2) is 4.21 Å². The number of hydrogen-bond donors (Lipinski definition) is 0. The van der Waals surface area contributed by atoms with Crippen molar-refractivity contribution in [1.82, 2.24) is 0 Å². The number of rotatable bonds is 6. The van der Waals surface area contributed by atoms with Gasteiger partial charge in [-0.2, -0.15) is 4.40 Å². The number of nitro benzene ring substituents is 1. The number of methoxy groups -OCH3 is 1. The molecule has 2 aromatic carbocycles. The highest BCUT2D eigenvalue weighted by Gasteiger charge is 2.27. The molecule has 0 heterocycles. The fourth-order valence-electron chi connectivity index (χ4n) is 1.93. The number of ether oxygens (including phenoxy) is 1. The van der Waals surface area contributed by atoms with Crippen molar-refractivity contribution in [2.45, 2.75) is 5.25 Å². The number of benzene rings is 2. The maximum atomic E-state index is 12.4. The summed E-state index contributed by atoms with van der Waals surface area (Å²) in [6, 6.07) is 14.2. The molecule has 0 saturated carbocycles.